The molecule has 0 radical (unpaired) electrons. The molecule has 2 heterocycles. The zero-order valence-corrected chi connectivity index (χ0v) is 6.69. The van der Waals surface area contributed by atoms with Gasteiger partial charge in [-0.1, -0.05) is 0 Å². The van der Waals surface area contributed by atoms with E-state index in [-0.39, 0.29) is 0 Å². The molecule has 1 N–H and O–H groups in total. The van der Waals surface area contributed by atoms with Crippen LogP contribution in [0.2, 0.25) is 0 Å². The average molecular weight is 140 g/mol. The highest BCUT2D eigenvalue weighted by molar-refractivity contribution is 4.94. The summed E-state index contributed by atoms with van der Waals surface area (Å²) in [5, 5.41) is 3.45. The molecule has 0 aromatic heterocycles. The van der Waals surface area contributed by atoms with Gasteiger partial charge in [-0.25, -0.2) is 0 Å². The van der Waals surface area contributed by atoms with Crippen LogP contribution in [-0.4, -0.2) is 38.1 Å². The first-order valence-corrected chi connectivity index (χ1v) is 4.20. The van der Waals surface area contributed by atoms with Crippen molar-refractivity contribution in [1.82, 2.24) is 10.2 Å². The third-order valence-corrected chi connectivity index (χ3v) is 2.96. The van der Waals surface area contributed by atoms with Gasteiger partial charge >= 0.3 is 0 Å². The molecule has 10 heavy (non-hydrogen) atoms. The van der Waals surface area contributed by atoms with Crippen molar-refractivity contribution >= 4 is 0 Å². The molecule has 0 aromatic carbocycles. The molecule has 2 heteroatoms. The summed E-state index contributed by atoms with van der Waals surface area (Å²) in [6.45, 7) is 5.13. The van der Waals surface area contributed by atoms with E-state index in [9.17, 15) is 0 Å². The summed E-state index contributed by atoms with van der Waals surface area (Å²) >= 11 is 0. The fourth-order valence-corrected chi connectivity index (χ4v) is 2.30. The summed E-state index contributed by atoms with van der Waals surface area (Å²) in [5.74, 6) is 0. The molecule has 2 rings (SSSR count). The second-order valence-electron chi connectivity index (χ2n) is 3.91. The van der Waals surface area contributed by atoms with Gasteiger partial charge in [0.25, 0.3) is 0 Å². The molecule has 0 bridgehead atoms. The number of nitrogens with zero attached hydrogens (tertiary/aromatic N) is 1. The molecule has 1 spiro atoms. The molecule has 1 unspecified atom stereocenters. The summed E-state index contributed by atoms with van der Waals surface area (Å²) in [4.78, 5) is 2.45. The van der Waals surface area contributed by atoms with E-state index < -0.39 is 0 Å². The lowest BCUT2D eigenvalue weighted by Gasteiger charge is -2.20. The first kappa shape index (κ1) is 6.62. The van der Waals surface area contributed by atoms with Crippen LogP contribution in [-0.2, 0) is 0 Å². The Morgan fingerprint density at radius 1 is 1.40 bits per heavy atom. The molecule has 2 fully saturated rings. The normalized spacial score (nSPS) is 41.7. The Kier molecular flexibility index (Phi) is 1.46. The lowest BCUT2D eigenvalue weighted by atomic mass is 9.87. The first-order chi connectivity index (χ1) is 4.81. The Hall–Kier alpha value is -0.0800. The van der Waals surface area contributed by atoms with E-state index in [1.54, 1.807) is 0 Å². The van der Waals surface area contributed by atoms with E-state index in [1.165, 1.54) is 39.0 Å². The fraction of sp³-hybridized carbons (Fsp3) is 1.00. The molecule has 2 nitrogen and oxygen atoms in total. The van der Waals surface area contributed by atoms with Crippen molar-refractivity contribution in [3.63, 3.8) is 0 Å². The van der Waals surface area contributed by atoms with Gasteiger partial charge in [-0.15, -0.1) is 0 Å². The van der Waals surface area contributed by atoms with Crippen LogP contribution < -0.4 is 5.32 Å². The van der Waals surface area contributed by atoms with Crippen LogP contribution in [0.15, 0.2) is 0 Å². The van der Waals surface area contributed by atoms with Crippen molar-refractivity contribution in [2.75, 3.05) is 33.2 Å². The lowest BCUT2D eigenvalue weighted by molar-refractivity contribution is 0.309. The Bertz CT molecular complexity index is 127. The van der Waals surface area contributed by atoms with E-state index in [2.05, 4.69) is 17.3 Å². The lowest BCUT2D eigenvalue weighted by Crippen LogP contribution is -2.27. The number of rotatable bonds is 0. The molecule has 2 aliphatic rings. The van der Waals surface area contributed by atoms with E-state index in [4.69, 9.17) is 0 Å². The van der Waals surface area contributed by atoms with Crippen LogP contribution in [0.3, 0.4) is 0 Å². The standard InChI is InChI=1S/C8H16N2/c1-10-5-3-8(7-10)2-4-9-6-8/h9H,2-7H2,1H3. The topological polar surface area (TPSA) is 15.3 Å². The molecule has 2 saturated heterocycles. The largest absolute Gasteiger partial charge is 0.316 e. The number of likely N-dealkylation sites (tertiary alicyclic amines) is 1. The summed E-state index contributed by atoms with van der Waals surface area (Å²) in [6, 6.07) is 0. The predicted octanol–water partition coefficient (Wildman–Crippen LogP) is 0.302. The zero-order chi connectivity index (χ0) is 7.03. The van der Waals surface area contributed by atoms with Gasteiger partial charge in [-0.05, 0) is 38.4 Å². The van der Waals surface area contributed by atoms with Gasteiger partial charge in [0, 0.05) is 13.1 Å². The second kappa shape index (κ2) is 2.21. The smallest absolute Gasteiger partial charge is 0.00481 e. The van der Waals surface area contributed by atoms with Crippen LogP contribution in [0.1, 0.15) is 12.8 Å². The monoisotopic (exact) mass is 140 g/mol. The molecular weight excluding hydrogens is 124 g/mol. The second-order valence-corrected chi connectivity index (χ2v) is 3.91. The fourth-order valence-electron chi connectivity index (χ4n) is 2.30. The minimum atomic E-state index is 0.675. The van der Waals surface area contributed by atoms with Crippen molar-refractivity contribution in [3.05, 3.63) is 0 Å². The van der Waals surface area contributed by atoms with Crippen molar-refractivity contribution in [2.45, 2.75) is 12.8 Å². The number of hydrogen-bond acceptors (Lipinski definition) is 2. The minimum Gasteiger partial charge on any atom is -0.316 e. The average Bonchev–Trinajstić information content (AvgIpc) is 2.46. The Morgan fingerprint density at radius 2 is 2.30 bits per heavy atom. The van der Waals surface area contributed by atoms with Gasteiger partial charge in [0.1, 0.15) is 0 Å². The van der Waals surface area contributed by atoms with Crippen molar-refractivity contribution < 1.29 is 0 Å². The Morgan fingerprint density at radius 3 is 2.80 bits per heavy atom. The minimum absolute atomic E-state index is 0.675. The van der Waals surface area contributed by atoms with Gasteiger partial charge in [0.05, 0.1) is 0 Å². The highest BCUT2D eigenvalue weighted by Gasteiger charge is 2.38. The van der Waals surface area contributed by atoms with E-state index in [0.717, 1.165) is 0 Å². The third-order valence-electron chi connectivity index (χ3n) is 2.96. The van der Waals surface area contributed by atoms with Crippen molar-refractivity contribution in [2.24, 2.45) is 5.41 Å². The SMILES string of the molecule is CN1CCC2(CCNC2)C1. The Labute approximate surface area is 62.6 Å². The molecule has 0 saturated carbocycles. The predicted molar refractivity (Wildman–Crippen MR) is 42.0 cm³/mol. The molecule has 0 aliphatic carbocycles. The molecule has 2 aliphatic heterocycles. The number of nitrogens with one attached hydrogen (secondary N) is 1. The van der Waals surface area contributed by atoms with Crippen LogP contribution in [0.5, 0.6) is 0 Å². The summed E-state index contributed by atoms with van der Waals surface area (Å²) in [7, 11) is 2.23. The van der Waals surface area contributed by atoms with Gasteiger partial charge in [-0.2, -0.15) is 0 Å². The molecule has 1 atom stereocenters. The summed E-state index contributed by atoms with van der Waals surface area (Å²) < 4.78 is 0. The van der Waals surface area contributed by atoms with Gasteiger partial charge in [-0.3, -0.25) is 0 Å². The van der Waals surface area contributed by atoms with Crippen molar-refractivity contribution in [1.29, 1.82) is 0 Å². The van der Waals surface area contributed by atoms with E-state index in [1.807, 2.05) is 0 Å². The maximum atomic E-state index is 3.45. The van der Waals surface area contributed by atoms with Crippen LogP contribution in [0.4, 0.5) is 0 Å². The van der Waals surface area contributed by atoms with Crippen LogP contribution in [0.25, 0.3) is 0 Å². The molecule has 0 amide bonds. The maximum absolute atomic E-state index is 3.45. The first-order valence-electron chi connectivity index (χ1n) is 4.20. The number of hydrogen-bond donors (Lipinski definition) is 1. The quantitative estimate of drug-likeness (QED) is 0.520. The van der Waals surface area contributed by atoms with Crippen molar-refractivity contribution in [3.8, 4) is 0 Å². The van der Waals surface area contributed by atoms with E-state index >= 15 is 0 Å². The Balaban J connectivity index is 2.03. The van der Waals surface area contributed by atoms with Gasteiger partial charge in [0.15, 0.2) is 0 Å². The third kappa shape index (κ3) is 0.956. The highest BCUT2D eigenvalue weighted by Crippen LogP contribution is 2.34. The maximum Gasteiger partial charge on any atom is 0.00481 e. The molecule has 58 valence electrons. The summed E-state index contributed by atoms with van der Waals surface area (Å²) in [5.41, 5.74) is 0.675. The molecular formula is C8H16N2. The molecule has 0 aromatic rings. The van der Waals surface area contributed by atoms with Crippen LogP contribution in [0, 0.1) is 5.41 Å². The zero-order valence-electron chi connectivity index (χ0n) is 6.69. The van der Waals surface area contributed by atoms with E-state index in [0.29, 0.717) is 5.41 Å². The summed E-state index contributed by atoms with van der Waals surface area (Å²) in [6.07, 6.45) is 2.81. The van der Waals surface area contributed by atoms with Gasteiger partial charge in [0.2, 0.25) is 0 Å². The van der Waals surface area contributed by atoms with Crippen LogP contribution >= 0.6 is 0 Å². The highest BCUT2D eigenvalue weighted by atomic mass is 15.1. The van der Waals surface area contributed by atoms with Gasteiger partial charge < -0.3 is 10.2 Å².